The normalized spacial score (nSPS) is 29.4. The van der Waals surface area contributed by atoms with Crippen molar-refractivity contribution >= 4 is 0 Å². The zero-order valence-corrected chi connectivity index (χ0v) is 12.9. The molecule has 1 aliphatic heterocycles. The Hall–Kier alpha value is -0.160. The molecule has 2 fully saturated rings. The Labute approximate surface area is 118 Å². The van der Waals surface area contributed by atoms with Gasteiger partial charge in [-0.1, -0.05) is 0 Å². The van der Waals surface area contributed by atoms with E-state index in [1.165, 1.54) is 38.9 Å². The van der Waals surface area contributed by atoms with Gasteiger partial charge in [0.1, 0.15) is 0 Å². The van der Waals surface area contributed by atoms with Crippen LogP contribution < -0.4 is 5.32 Å². The van der Waals surface area contributed by atoms with Gasteiger partial charge in [0.2, 0.25) is 0 Å². The number of likely N-dealkylation sites (N-methyl/N-ethyl adjacent to an activating group) is 1. The Balaban J connectivity index is 1.69. The highest BCUT2D eigenvalue weighted by molar-refractivity contribution is 4.92. The van der Waals surface area contributed by atoms with Crippen LogP contribution in [0.2, 0.25) is 0 Å². The second-order valence-corrected chi connectivity index (χ2v) is 6.89. The van der Waals surface area contributed by atoms with Crippen LogP contribution in [0.3, 0.4) is 0 Å². The van der Waals surface area contributed by atoms with Gasteiger partial charge in [0.25, 0.3) is 0 Å². The number of hydrogen-bond donors (Lipinski definition) is 2. The maximum atomic E-state index is 9.60. The average Bonchev–Trinajstić information content (AvgIpc) is 3.16. The van der Waals surface area contributed by atoms with Gasteiger partial charge in [0.05, 0.1) is 6.61 Å². The third kappa shape index (κ3) is 4.71. The molecule has 4 heteroatoms. The van der Waals surface area contributed by atoms with Crippen molar-refractivity contribution in [2.75, 3.05) is 39.8 Å². The highest BCUT2D eigenvalue weighted by atomic mass is 16.3. The Kier molecular flexibility index (Phi) is 5.23. The lowest BCUT2D eigenvalue weighted by atomic mass is 9.96. The Bertz CT molecular complexity index is 283. The van der Waals surface area contributed by atoms with Gasteiger partial charge in [-0.05, 0) is 53.1 Å². The first kappa shape index (κ1) is 15.2. The molecule has 112 valence electrons. The molecule has 2 aliphatic rings. The predicted octanol–water partition coefficient (Wildman–Crippen LogP) is 0.906. The second-order valence-electron chi connectivity index (χ2n) is 6.89. The number of aliphatic hydroxyl groups excluding tert-OH is 1. The number of nitrogens with zero attached hydrogens (tertiary/aromatic N) is 2. The van der Waals surface area contributed by atoms with E-state index in [-0.39, 0.29) is 12.1 Å². The summed E-state index contributed by atoms with van der Waals surface area (Å²) in [5, 5.41) is 13.2. The van der Waals surface area contributed by atoms with Crippen molar-refractivity contribution in [3.63, 3.8) is 0 Å². The summed E-state index contributed by atoms with van der Waals surface area (Å²) >= 11 is 0. The van der Waals surface area contributed by atoms with Gasteiger partial charge in [0, 0.05) is 37.3 Å². The fourth-order valence-electron chi connectivity index (χ4n) is 3.10. The van der Waals surface area contributed by atoms with Crippen LogP contribution in [-0.4, -0.2) is 72.4 Å². The van der Waals surface area contributed by atoms with E-state index in [0.717, 1.165) is 13.0 Å². The predicted molar refractivity (Wildman–Crippen MR) is 79.4 cm³/mol. The van der Waals surface area contributed by atoms with Crippen LogP contribution in [0.15, 0.2) is 0 Å². The molecule has 1 saturated carbocycles. The zero-order chi connectivity index (χ0) is 13.9. The van der Waals surface area contributed by atoms with E-state index in [4.69, 9.17) is 0 Å². The summed E-state index contributed by atoms with van der Waals surface area (Å²) in [5.74, 6) is 0. The van der Waals surface area contributed by atoms with Crippen molar-refractivity contribution in [2.45, 2.75) is 57.2 Å². The summed E-state index contributed by atoms with van der Waals surface area (Å²) in [7, 11) is 2.20. The Morgan fingerprint density at radius 3 is 2.63 bits per heavy atom. The van der Waals surface area contributed by atoms with Crippen LogP contribution >= 0.6 is 0 Å². The summed E-state index contributed by atoms with van der Waals surface area (Å²) in [6.45, 7) is 9.45. The van der Waals surface area contributed by atoms with Gasteiger partial charge in [-0.2, -0.15) is 0 Å². The summed E-state index contributed by atoms with van der Waals surface area (Å²) in [6, 6.07) is 1.33. The first-order valence-corrected chi connectivity index (χ1v) is 7.83. The maximum Gasteiger partial charge on any atom is 0.0610 e. The molecule has 19 heavy (non-hydrogen) atoms. The lowest BCUT2D eigenvalue weighted by Crippen LogP contribution is -2.51. The minimum Gasteiger partial charge on any atom is -0.394 e. The molecule has 2 N–H and O–H groups in total. The Morgan fingerprint density at radius 2 is 2.05 bits per heavy atom. The van der Waals surface area contributed by atoms with Crippen LogP contribution in [0.25, 0.3) is 0 Å². The topological polar surface area (TPSA) is 38.7 Å². The van der Waals surface area contributed by atoms with Crippen LogP contribution in [-0.2, 0) is 0 Å². The molecule has 0 aromatic carbocycles. The molecule has 0 aromatic heterocycles. The molecule has 0 bridgehead atoms. The molecule has 0 radical (unpaired) electrons. The molecule has 2 atom stereocenters. The number of nitrogens with one attached hydrogen (secondary N) is 1. The summed E-state index contributed by atoms with van der Waals surface area (Å²) < 4.78 is 0. The van der Waals surface area contributed by atoms with Gasteiger partial charge in [-0.3, -0.25) is 4.90 Å². The van der Waals surface area contributed by atoms with Crippen molar-refractivity contribution in [3.05, 3.63) is 0 Å². The Morgan fingerprint density at radius 1 is 1.32 bits per heavy atom. The molecule has 2 unspecified atom stereocenters. The van der Waals surface area contributed by atoms with E-state index in [0.29, 0.717) is 12.1 Å². The lowest BCUT2D eigenvalue weighted by molar-refractivity contribution is 0.0917. The van der Waals surface area contributed by atoms with Gasteiger partial charge in [-0.25, -0.2) is 0 Å². The fourth-order valence-corrected chi connectivity index (χ4v) is 3.10. The molecule has 0 amide bonds. The van der Waals surface area contributed by atoms with Crippen molar-refractivity contribution in [1.82, 2.24) is 15.1 Å². The van der Waals surface area contributed by atoms with Crippen LogP contribution in [0.1, 0.15) is 39.5 Å². The van der Waals surface area contributed by atoms with E-state index in [9.17, 15) is 5.11 Å². The van der Waals surface area contributed by atoms with E-state index in [2.05, 4.69) is 36.0 Å². The van der Waals surface area contributed by atoms with Crippen LogP contribution in [0.4, 0.5) is 0 Å². The van der Waals surface area contributed by atoms with E-state index >= 15 is 0 Å². The third-order valence-corrected chi connectivity index (χ3v) is 4.62. The summed E-state index contributed by atoms with van der Waals surface area (Å²) in [6.07, 6.45) is 4.81. The quantitative estimate of drug-likeness (QED) is 0.720. The highest BCUT2D eigenvalue weighted by Crippen LogP contribution is 2.24. The number of piperazine rings is 1. The zero-order valence-electron chi connectivity index (χ0n) is 12.9. The summed E-state index contributed by atoms with van der Waals surface area (Å²) in [5.41, 5.74) is -0.0724. The highest BCUT2D eigenvalue weighted by Gasteiger charge is 2.32. The van der Waals surface area contributed by atoms with E-state index < -0.39 is 0 Å². The maximum absolute atomic E-state index is 9.60. The van der Waals surface area contributed by atoms with Crippen molar-refractivity contribution in [3.8, 4) is 0 Å². The first-order chi connectivity index (χ1) is 9.02. The molecule has 0 aromatic rings. The molecule has 1 aliphatic carbocycles. The SMILES string of the molecule is CC1CN(C)CCN1CCCC(C)(CO)NC1CC1. The molecule has 1 saturated heterocycles. The van der Waals surface area contributed by atoms with Crippen molar-refractivity contribution in [1.29, 1.82) is 0 Å². The number of aliphatic hydroxyl groups is 1. The second kappa shape index (κ2) is 6.53. The first-order valence-electron chi connectivity index (χ1n) is 7.83. The van der Waals surface area contributed by atoms with Gasteiger partial charge < -0.3 is 15.3 Å². The molecule has 4 nitrogen and oxygen atoms in total. The molecule has 0 spiro atoms. The molecular formula is C15H31N3O. The summed E-state index contributed by atoms with van der Waals surface area (Å²) in [4.78, 5) is 5.00. The van der Waals surface area contributed by atoms with Crippen LogP contribution in [0, 0.1) is 0 Å². The van der Waals surface area contributed by atoms with Gasteiger partial charge in [-0.15, -0.1) is 0 Å². The van der Waals surface area contributed by atoms with Gasteiger partial charge in [0.15, 0.2) is 0 Å². The fraction of sp³-hybridized carbons (Fsp3) is 1.00. The van der Waals surface area contributed by atoms with Crippen LogP contribution in [0.5, 0.6) is 0 Å². The molecular weight excluding hydrogens is 238 g/mol. The van der Waals surface area contributed by atoms with Gasteiger partial charge >= 0.3 is 0 Å². The van der Waals surface area contributed by atoms with Crippen molar-refractivity contribution < 1.29 is 5.11 Å². The minimum absolute atomic E-state index is 0.0724. The standard InChI is InChI=1S/C15H31N3O/c1-13-11-17(3)9-10-18(13)8-4-7-15(2,12-19)16-14-5-6-14/h13-14,16,19H,4-12H2,1-3H3. The third-order valence-electron chi connectivity index (χ3n) is 4.62. The molecule has 1 heterocycles. The monoisotopic (exact) mass is 269 g/mol. The number of hydrogen-bond acceptors (Lipinski definition) is 4. The smallest absolute Gasteiger partial charge is 0.0610 e. The average molecular weight is 269 g/mol. The minimum atomic E-state index is -0.0724. The van der Waals surface area contributed by atoms with E-state index in [1.807, 2.05) is 0 Å². The lowest BCUT2D eigenvalue weighted by Gasteiger charge is -2.39. The van der Waals surface area contributed by atoms with Crippen molar-refractivity contribution in [2.24, 2.45) is 0 Å². The molecule has 2 rings (SSSR count). The van der Waals surface area contributed by atoms with E-state index in [1.54, 1.807) is 0 Å². The number of rotatable bonds is 7. The largest absolute Gasteiger partial charge is 0.394 e.